The van der Waals surface area contributed by atoms with E-state index in [-0.39, 0.29) is 0 Å². The number of aryl methyl sites for hydroxylation is 4. The van der Waals surface area contributed by atoms with Gasteiger partial charge >= 0.3 is 0 Å². The number of rotatable bonds is 10. The summed E-state index contributed by atoms with van der Waals surface area (Å²) in [5.74, 6) is 0. The molecule has 0 radical (unpaired) electrons. The highest BCUT2D eigenvalue weighted by Crippen LogP contribution is 2.20. The van der Waals surface area contributed by atoms with Crippen LogP contribution in [0, 0.1) is 27.7 Å². The summed E-state index contributed by atoms with van der Waals surface area (Å²) in [6, 6.07) is 12.8. The molecule has 2 heteroatoms. The molecule has 0 N–H and O–H groups in total. The molecule has 28 heavy (non-hydrogen) atoms. The van der Waals surface area contributed by atoms with Crippen LogP contribution >= 0.6 is 0 Å². The second-order valence-electron chi connectivity index (χ2n) is 7.92. The van der Waals surface area contributed by atoms with E-state index < -0.39 is 0 Å². The fourth-order valence-electron chi connectivity index (χ4n) is 3.15. The van der Waals surface area contributed by atoms with Crippen LogP contribution in [-0.2, 0) is 0 Å². The highest BCUT2D eigenvalue weighted by atomic mass is 14.8. The Morgan fingerprint density at radius 3 is 1.93 bits per heavy atom. The first kappa shape index (κ1) is 22.1. The quantitative estimate of drug-likeness (QED) is 0.295. The maximum absolute atomic E-state index is 4.92. The molecule has 0 bridgehead atoms. The lowest BCUT2D eigenvalue weighted by Crippen LogP contribution is -2.00. The van der Waals surface area contributed by atoms with E-state index in [4.69, 9.17) is 9.98 Å². The van der Waals surface area contributed by atoms with Crippen molar-refractivity contribution in [3.63, 3.8) is 0 Å². The van der Waals surface area contributed by atoms with Crippen LogP contribution in [0.15, 0.2) is 46.4 Å². The van der Waals surface area contributed by atoms with Gasteiger partial charge in [-0.3, -0.25) is 9.98 Å². The smallest absolute Gasteiger partial charge is 0.0636 e. The predicted molar refractivity (Wildman–Crippen MR) is 125 cm³/mol. The number of benzene rings is 2. The van der Waals surface area contributed by atoms with Crippen molar-refractivity contribution in [1.29, 1.82) is 0 Å². The van der Waals surface area contributed by atoms with E-state index in [0.29, 0.717) is 0 Å². The highest BCUT2D eigenvalue weighted by molar-refractivity contribution is 6.31. The van der Waals surface area contributed by atoms with Gasteiger partial charge in [0.05, 0.1) is 17.1 Å². The van der Waals surface area contributed by atoms with Crippen LogP contribution < -0.4 is 0 Å². The minimum atomic E-state index is 0.980. The Labute approximate surface area is 171 Å². The zero-order chi connectivity index (χ0) is 20.4. The highest BCUT2D eigenvalue weighted by Gasteiger charge is 2.01. The molecule has 0 aliphatic carbocycles. The molecular weight excluding hydrogens is 340 g/mol. The average Bonchev–Trinajstić information content (AvgIpc) is 2.68. The van der Waals surface area contributed by atoms with Crippen LogP contribution in [0.1, 0.15) is 74.1 Å². The summed E-state index contributed by atoms with van der Waals surface area (Å²) in [6.07, 6.45) is 10.7. The summed E-state index contributed by atoms with van der Waals surface area (Å²) >= 11 is 0. The van der Waals surface area contributed by atoms with Crippen LogP contribution in [-0.4, -0.2) is 11.9 Å². The first-order chi connectivity index (χ1) is 13.5. The number of aliphatic imine (C=N–C) groups is 2. The van der Waals surface area contributed by atoms with E-state index >= 15 is 0 Å². The Hall–Kier alpha value is -2.22. The standard InChI is InChI=1S/C26H36N2/c1-6-7-8-9-10-11-12-26(28-25-16-14-21(3)23(5)18-25)19-27-24-15-13-20(2)22(4)17-24/h13-19H,6-12H2,1-5H3. The van der Waals surface area contributed by atoms with Crippen LogP contribution in [0.2, 0.25) is 0 Å². The molecule has 0 heterocycles. The van der Waals surface area contributed by atoms with Crippen LogP contribution in [0.5, 0.6) is 0 Å². The van der Waals surface area contributed by atoms with E-state index in [1.807, 2.05) is 6.21 Å². The van der Waals surface area contributed by atoms with Gasteiger partial charge in [-0.2, -0.15) is 0 Å². The maximum atomic E-state index is 4.92. The van der Waals surface area contributed by atoms with Crippen molar-refractivity contribution in [2.24, 2.45) is 9.98 Å². The van der Waals surface area contributed by atoms with Crippen LogP contribution in [0.3, 0.4) is 0 Å². The zero-order valence-electron chi connectivity index (χ0n) is 18.4. The van der Waals surface area contributed by atoms with Gasteiger partial charge in [0.25, 0.3) is 0 Å². The average molecular weight is 377 g/mol. The summed E-state index contributed by atoms with van der Waals surface area (Å²) in [5, 5.41) is 0. The largest absolute Gasteiger partial charge is 0.255 e. The molecule has 0 saturated carbocycles. The van der Waals surface area contributed by atoms with Crippen molar-refractivity contribution in [1.82, 2.24) is 0 Å². The van der Waals surface area contributed by atoms with E-state index in [1.165, 1.54) is 60.8 Å². The molecule has 2 aromatic carbocycles. The molecule has 0 fully saturated rings. The maximum Gasteiger partial charge on any atom is 0.0636 e. The summed E-state index contributed by atoms with van der Waals surface area (Å²) < 4.78 is 0. The summed E-state index contributed by atoms with van der Waals surface area (Å²) in [5.41, 5.74) is 8.26. The Kier molecular flexibility index (Phi) is 9.13. The van der Waals surface area contributed by atoms with Crippen molar-refractivity contribution >= 4 is 23.3 Å². The van der Waals surface area contributed by atoms with Gasteiger partial charge in [-0.15, -0.1) is 0 Å². The predicted octanol–water partition coefficient (Wildman–Crippen LogP) is 8.15. The monoisotopic (exact) mass is 376 g/mol. The van der Waals surface area contributed by atoms with Gasteiger partial charge < -0.3 is 0 Å². The third kappa shape index (κ3) is 7.42. The molecule has 0 spiro atoms. The lowest BCUT2D eigenvalue weighted by atomic mass is 10.1. The molecule has 0 atom stereocenters. The van der Waals surface area contributed by atoms with Crippen molar-refractivity contribution in [3.8, 4) is 0 Å². The number of unbranched alkanes of at least 4 members (excludes halogenated alkanes) is 5. The third-order valence-corrected chi connectivity index (χ3v) is 5.40. The number of hydrogen-bond donors (Lipinski definition) is 0. The first-order valence-corrected chi connectivity index (χ1v) is 10.8. The third-order valence-electron chi connectivity index (χ3n) is 5.40. The van der Waals surface area contributed by atoms with Gasteiger partial charge in [0, 0.05) is 6.21 Å². The van der Waals surface area contributed by atoms with Gasteiger partial charge in [-0.1, -0.05) is 51.2 Å². The fourth-order valence-corrected chi connectivity index (χ4v) is 3.15. The zero-order valence-corrected chi connectivity index (χ0v) is 18.4. The summed E-state index contributed by atoms with van der Waals surface area (Å²) in [4.78, 5) is 9.63. The molecular formula is C26H36N2. The van der Waals surface area contributed by atoms with E-state index in [1.54, 1.807) is 0 Å². The van der Waals surface area contributed by atoms with Crippen molar-refractivity contribution in [2.75, 3.05) is 0 Å². The molecule has 2 aromatic rings. The van der Waals surface area contributed by atoms with Gasteiger partial charge in [-0.25, -0.2) is 0 Å². The second kappa shape index (κ2) is 11.6. The molecule has 0 saturated heterocycles. The Bertz CT molecular complexity index is 815. The first-order valence-electron chi connectivity index (χ1n) is 10.8. The Morgan fingerprint density at radius 2 is 1.29 bits per heavy atom. The van der Waals surface area contributed by atoms with Crippen molar-refractivity contribution in [2.45, 2.75) is 79.6 Å². The topological polar surface area (TPSA) is 24.7 Å². The van der Waals surface area contributed by atoms with E-state index in [2.05, 4.69) is 71.0 Å². The lowest BCUT2D eigenvalue weighted by molar-refractivity contribution is 0.616. The van der Waals surface area contributed by atoms with Crippen molar-refractivity contribution in [3.05, 3.63) is 58.7 Å². The lowest BCUT2D eigenvalue weighted by Gasteiger charge is -2.05. The van der Waals surface area contributed by atoms with Gasteiger partial charge in [-0.05, 0) is 87.1 Å². The van der Waals surface area contributed by atoms with Crippen molar-refractivity contribution < 1.29 is 0 Å². The molecule has 2 nitrogen and oxygen atoms in total. The second-order valence-corrected chi connectivity index (χ2v) is 7.92. The van der Waals surface area contributed by atoms with Gasteiger partial charge in [0.15, 0.2) is 0 Å². The normalized spacial score (nSPS) is 12.1. The Morgan fingerprint density at radius 1 is 0.714 bits per heavy atom. The molecule has 0 aliphatic heterocycles. The summed E-state index contributed by atoms with van der Waals surface area (Å²) in [6.45, 7) is 10.8. The van der Waals surface area contributed by atoms with E-state index in [0.717, 1.165) is 23.5 Å². The molecule has 0 amide bonds. The van der Waals surface area contributed by atoms with Crippen LogP contribution in [0.4, 0.5) is 11.4 Å². The molecule has 2 rings (SSSR count). The van der Waals surface area contributed by atoms with Gasteiger partial charge in [0.1, 0.15) is 0 Å². The van der Waals surface area contributed by atoms with E-state index in [9.17, 15) is 0 Å². The van der Waals surface area contributed by atoms with Crippen LogP contribution in [0.25, 0.3) is 0 Å². The minimum Gasteiger partial charge on any atom is -0.255 e. The SMILES string of the molecule is CCCCCCCCC(C=Nc1ccc(C)c(C)c1)=Nc1ccc(C)c(C)c1. The fraction of sp³-hybridized carbons (Fsp3) is 0.462. The molecule has 150 valence electrons. The molecule has 0 unspecified atom stereocenters. The van der Waals surface area contributed by atoms with Gasteiger partial charge in [0.2, 0.25) is 0 Å². The molecule has 0 aliphatic rings. The Balaban J connectivity index is 2.12. The number of nitrogens with zero attached hydrogens (tertiary/aromatic N) is 2. The minimum absolute atomic E-state index is 0.980. The molecule has 0 aromatic heterocycles. The summed E-state index contributed by atoms with van der Waals surface area (Å²) in [7, 11) is 0. The number of hydrogen-bond acceptors (Lipinski definition) is 2.